The SMILES string of the molecule is COc1cc(CNCCCOc2ccccn2)c(Br)cc1OCc1ccc([N+](=O)[O-])cc1. The van der Waals surface area contributed by atoms with Gasteiger partial charge in [-0.2, -0.15) is 0 Å². The van der Waals surface area contributed by atoms with Crippen LogP contribution in [0, 0.1) is 10.1 Å². The minimum absolute atomic E-state index is 0.0502. The van der Waals surface area contributed by atoms with Crippen LogP contribution >= 0.6 is 15.9 Å². The first-order valence-corrected chi connectivity index (χ1v) is 10.8. The topological polar surface area (TPSA) is 95.8 Å². The Morgan fingerprint density at radius 3 is 2.59 bits per heavy atom. The van der Waals surface area contributed by atoms with Crippen LogP contribution in [-0.4, -0.2) is 30.2 Å². The lowest BCUT2D eigenvalue weighted by Crippen LogP contribution is -2.17. The van der Waals surface area contributed by atoms with Gasteiger partial charge in [0.2, 0.25) is 5.88 Å². The molecule has 0 atom stereocenters. The van der Waals surface area contributed by atoms with Crippen LogP contribution in [0.1, 0.15) is 17.5 Å². The molecule has 0 aliphatic carbocycles. The van der Waals surface area contributed by atoms with Gasteiger partial charge in [0, 0.05) is 35.4 Å². The number of nitrogens with zero attached hydrogens (tertiary/aromatic N) is 2. The highest BCUT2D eigenvalue weighted by Gasteiger charge is 2.11. The minimum Gasteiger partial charge on any atom is -0.493 e. The summed E-state index contributed by atoms with van der Waals surface area (Å²) in [4.78, 5) is 14.5. The molecule has 0 fully saturated rings. The maximum absolute atomic E-state index is 10.8. The molecule has 0 aliphatic heterocycles. The molecule has 3 aromatic rings. The van der Waals surface area contributed by atoms with E-state index in [2.05, 4.69) is 26.2 Å². The van der Waals surface area contributed by atoms with Crippen molar-refractivity contribution in [3.8, 4) is 17.4 Å². The summed E-state index contributed by atoms with van der Waals surface area (Å²) in [5.41, 5.74) is 1.91. The third kappa shape index (κ3) is 6.93. The molecule has 168 valence electrons. The number of nitro groups is 1. The number of hydrogen-bond acceptors (Lipinski definition) is 7. The molecule has 3 rings (SSSR count). The molecule has 0 aliphatic rings. The van der Waals surface area contributed by atoms with E-state index in [1.807, 2.05) is 30.3 Å². The number of nitro benzene ring substituents is 1. The van der Waals surface area contributed by atoms with Crippen LogP contribution in [0.15, 0.2) is 65.3 Å². The summed E-state index contributed by atoms with van der Waals surface area (Å²) in [6.45, 7) is 2.31. The number of ether oxygens (including phenoxy) is 3. The van der Waals surface area contributed by atoms with E-state index in [1.54, 1.807) is 25.4 Å². The molecule has 0 spiro atoms. The summed E-state index contributed by atoms with van der Waals surface area (Å²) in [6.07, 6.45) is 2.56. The first-order valence-electron chi connectivity index (χ1n) is 10.0. The smallest absolute Gasteiger partial charge is 0.269 e. The summed E-state index contributed by atoms with van der Waals surface area (Å²) in [6, 6.07) is 15.6. The second-order valence-electron chi connectivity index (χ2n) is 6.85. The first kappa shape index (κ1) is 23.5. The van der Waals surface area contributed by atoms with E-state index in [0.29, 0.717) is 30.5 Å². The lowest BCUT2D eigenvalue weighted by atomic mass is 10.2. The molecule has 0 bridgehead atoms. The van der Waals surface area contributed by atoms with Crippen molar-refractivity contribution in [3.05, 3.63) is 86.5 Å². The van der Waals surface area contributed by atoms with Gasteiger partial charge in [-0.05, 0) is 54.4 Å². The van der Waals surface area contributed by atoms with Crippen molar-refractivity contribution in [1.82, 2.24) is 10.3 Å². The number of aromatic nitrogens is 1. The van der Waals surface area contributed by atoms with Gasteiger partial charge < -0.3 is 19.5 Å². The number of halogens is 1. The highest BCUT2D eigenvalue weighted by atomic mass is 79.9. The third-order valence-electron chi connectivity index (χ3n) is 4.58. The summed E-state index contributed by atoms with van der Waals surface area (Å²) in [5, 5.41) is 14.2. The Balaban J connectivity index is 1.48. The molecule has 8 nitrogen and oxygen atoms in total. The zero-order chi connectivity index (χ0) is 22.8. The third-order valence-corrected chi connectivity index (χ3v) is 5.31. The molecule has 2 aromatic carbocycles. The number of rotatable bonds is 12. The van der Waals surface area contributed by atoms with E-state index < -0.39 is 4.92 Å². The Labute approximate surface area is 194 Å². The molecular formula is C23H24BrN3O5. The molecule has 0 radical (unpaired) electrons. The Kier molecular flexibility index (Phi) is 8.82. The molecule has 1 aromatic heterocycles. The van der Waals surface area contributed by atoms with Crippen molar-refractivity contribution in [2.75, 3.05) is 20.3 Å². The minimum atomic E-state index is -0.426. The summed E-state index contributed by atoms with van der Waals surface area (Å²) in [7, 11) is 1.59. The van der Waals surface area contributed by atoms with Gasteiger partial charge in [0.1, 0.15) is 6.61 Å². The van der Waals surface area contributed by atoms with Crippen LogP contribution in [-0.2, 0) is 13.2 Å². The Morgan fingerprint density at radius 2 is 1.91 bits per heavy atom. The summed E-state index contributed by atoms with van der Waals surface area (Å²) >= 11 is 3.59. The fourth-order valence-electron chi connectivity index (χ4n) is 2.89. The van der Waals surface area contributed by atoms with Gasteiger partial charge in [0.15, 0.2) is 11.5 Å². The standard InChI is InChI=1S/C23H24BrN3O5/c1-30-21-13-18(15-25-10-4-12-31-23-5-2-3-11-26-23)20(24)14-22(21)32-16-17-6-8-19(9-7-17)27(28)29/h2-3,5-9,11,13-14,25H,4,10,12,15-16H2,1H3. The number of non-ortho nitro benzene ring substituents is 1. The Hall–Kier alpha value is -3.17. The zero-order valence-corrected chi connectivity index (χ0v) is 19.2. The lowest BCUT2D eigenvalue weighted by Gasteiger charge is -2.14. The molecule has 0 saturated heterocycles. The largest absolute Gasteiger partial charge is 0.493 e. The average Bonchev–Trinajstić information content (AvgIpc) is 2.81. The van der Waals surface area contributed by atoms with Crippen molar-refractivity contribution in [2.24, 2.45) is 0 Å². The quantitative estimate of drug-likeness (QED) is 0.214. The summed E-state index contributed by atoms with van der Waals surface area (Å²) in [5.74, 6) is 1.83. The molecule has 9 heteroatoms. The van der Waals surface area contributed by atoms with E-state index in [0.717, 1.165) is 28.6 Å². The van der Waals surface area contributed by atoms with Gasteiger partial charge in [0.05, 0.1) is 18.6 Å². The van der Waals surface area contributed by atoms with E-state index in [4.69, 9.17) is 14.2 Å². The molecule has 0 amide bonds. The Morgan fingerprint density at radius 1 is 1.09 bits per heavy atom. The normalized spacial score (nSPS) is 10.6. The molecule has 1 heterocycles. The highest BCUT2D eigenvalue weighted by Crippen LogP contribution is 2.34. The van der Waals surface area contributed by atoms with Crippen LogP contribution < -0.4 is 19.5 Å². The Bertz CT molecular complexity index is 1020. The number of hydrogen-bond donors (Lipinski definition) is 1. The van der Waals surface area contributed by atoms with Crippen molar-refractivity contribution >= 4 is 21.6 Å². The summed E-state index contributed by atoms with van der Waals surface area (Å²) < 4.78 is 17.8. The molecule has 0 saturated carbocycles. The van der Waals surface area contributed by atoms with Crippen LogP contribution in [0.25, 0.3) is 0 Å². The zero-order valence-electron chi connectivity index (χ0n) is 17.6. The molecule has 0 unspecified atom stereocenters. The second-order valence-corrected chi connectivity index (χ2v) is 7.71. The van der Waals surface area contributed by atoms with Crippen LogP contribution in [0.5, 0.6) is 17.4 Å². The fourth-order valence-corrected chi connectivity index (χ4v) is 3.35. The fraction of sp³-hybridized carbons (Fsp3) is 0.261. The number of benzene rings is 2. The maximum atomic E-state index is 10.8. The van der Waals surface area contributed by atoms with Gasteiger partial charge in [-0.15, -0.1) is 0 Å². The van der Waals surface area contributed by atoms with Crippen molar-refractivity contribution < 1.29 is 19.1 Å². The van der Waals surface area contributed by atoms with Crippen molar-refractivity contribution in [3.63, 3.8) is 0 Å². The van der Waals surface area contributed by atoms with Crippen LogP contribution in [0.3, 0.4) is 0 Å². The van der Waals surface area contributed by atoms with Crippen molar-refractivity contribution in [1.29, 1.82) is 0 Å². The average molecular weight is 502 g/mol. The van der Waals surface area contributed by atoms with Gasteiger partial charge in [0.25, 0.3) is 5.69 Å². The van der Waals surface area contributed by atoms with Crippen LogP contribution in [0.4, 0.5) is 5.69 Å². The molecule has 1 N–H and O–H groups in total. The van der Waals surface area contributed by atoms with Gasteiger partial charge in [-0.25, -0.2) is 4.98 Å². The molecular weight excluding hydrogens is 478 g/mol. The number of nitrogens with one attached hydrogen (secondary N) is 1. The van der Waals surface area contributed by atoms with E-state index >= 15 is 0 Å². The second kappa shape index (κ2) is 12.0. The highest BCUT2D eigenvalue weighted by molar-refractivity contribution is 9.10. The number of pyridine rings is 1. The van der Waals surface area contributed by atoms with Gasteiger partial charge in [-0.3, -0.25) is 10.1 Å². The lowest BCUT2D eigenvalue weighted by molar-refractivity contribution is -0.384. The number of methoxy groups -OCH3 is 1. The van der Waals surface area contributed by atoms with E-state index in [9.17, 15) is 10.1 Å². The van der Waals surface area contributed by atoms with E-state index in [1.165, 1.54) is 12.1 Å². The van der Waals surface area contributed by atoms with E-state index in [-0.39, 0.29) is 12.3 Å². The van der Waals surface area contributed by atoms with Crippen molar-refractivity contribution in [2.45, 2.75) is 19.6 Å². The predicted octanol–water partition coefficient (Wildman–Crippen LogP) is 4.90. The van der Waals surface area contributed by atoms with Crippen LogP contribution in [0.2, 0.25) is 0 Å². The molecule has 32 heavy (non-hydrogen) atoms. The maximum Gasteiger partial charge on any atom is 0.269 e. The first-order chi connectivity index (χ1) is 15.6. The van der Waals surface area contributed by atoms with Gasteiger partial charge in [-0.1, -0.05) is 22.0 Å². The predicted molar refractivity (Wildman–Crippen MR) is 124 cm³/mol. The monoisotopic (exact) mass is 501 g/mol. The van der Waals surface area contributed by atoms with Gasteiger partial charge >= 0.3 is 0 Å².